The standard InChI is InChI=1S/C12H21N3O/c1-3-4-12(16)15-7-5-14(6-8-15)10-11(2)9-13/h11H,3-8,10H2,1-2H3. The second-order valence-corrected chi connectivity index (χ2v) is 4.46. The highest BCUT2D eigenvalue weighted by Crippen LogP contribution is 2.07. The first-order valence-electron chi connectivity index (χ1n) is 6.07. The van der Waals surface area contributed by atoms with E-state index in [9.17, 15) is 4.79 Å². The number of nitriles is 1. The summed E-state index contributed by atoms with van der Waals surface area (Å²) in [5.41, 5.74) is 0. The van der Waals surface area contributed by atoms with Crippen molar-refractivity contribution < 1.29 is 4.79 Å². The average molecular weight is 223 g/mol. The molecule has 0 saturated carbocycles. The van der Waals surface area contributed by atoms with Crippen molar-refractivity contribution in [1.29, 1.82) is 5.26 Å². The summed E-state index contributed by atoms with van der Waals surface area (Å²) in [4.78, 5) is 15.8. The molecule has 1 unspecified atom stereocenters. The largest absolute Gasteiger partial charge is 0.340 e. The lowest BCUT2D eigenvalue weighted by Crippen LogP contribution is -2.49. The van der Waals surface area contributed by atoms with Gasteiger partial charge in [-0.25, -0.2) is 0 Å². The van der Waals surface area contributed by atoms with E-state index in [1.165, 1.54) is 0 Å². The van der Waals surface area contributed by atoms with Crippen LogP contribution in [0.15, 0.2) is 0 Å². The minimum Gasteiger partial charge on any atom is -0.340 e. The SMILES string of the molecule is CCCC(=O)N1CCN(CC(C)C#N)CC1. The lowest BCUT2D eigenvalue weighted by atomic mass is 10.1. The molecule has 0 N–H and O–H groups in total. The monoisotopic (exact) mass is 223 g/mol. The van der Waals surface area contributed by atoms with Crippen LogP contribution in [0, 0.1) is 17.2 Å². The van der Waals surface area contributed by atoms with Crippen LogP contribution in [-0.4, -0.2) is 48.4 Å². The van der Waals surface area contributed by atoms with Crippen LogP contribution in [0.5, 0.6) is 0 Å². The number of carbonyl (C=O) groups is 1. The van der Waals surface area contributed by atoms with Crippen LogP contribution in [0.4, 0.5) is 0 Å². The predicted molar refractivity (Wildman–Crippen MR) is 62.7 cm³/mol. The molecule has 1 aliphatic heterocycles. The molecule has 0 aromatic rings. The van der Waals surface area contributed by atoms with Gasteiger partial charge in [-0.1, -0.05) is 6.92 Å². The summed E-state index contributed by atoms with van der Waals surface area (Å²) >= 11 is 0. The van der Waals surface area contributed by atoms with Gasteiger partial charge in [0.1, 0.15) is 0 Å². The highest BCUT2D eigenvalue weighted by molar-refractivity contribution is 5.76. The number of nitrogens with zero attached hydrogens (tertiary/aromatic N) is 3. The molecule has 1 heterocycles. The summed E-state index contributed by atoms with van der Waals surface area (Å²) in [5.74, 6) is 0.355. The van der Waals surface area contributed by atoms with Crippen LogP contribution in [-0.2, 0) is 4.79 Å². The van der Waals surface area contributed by atoms with Crippen LogP contribution < -0.4 is 0 Å². The Morgan fingerprint density at radius 1 is 1.38 bits per heavy atom. The fourth-order valence-electron chi connectivity index (χ4n) is 1.98. The van der Waals surface area contributed by atoms with E-state index in [-0.39, 0.29) is 11.8 Å². The highest BCUT2D eigenvalue weighted by atomic mass is 16.2. The third-order valence-electron chi connectivity index (χ3n) is 2.94. The number of rotatable bonds is 4. The first-order valence-corrected chi connectivity index (χ1v) is 6.07. The molecule has 1 rings (SSSR count). The zero-order valence-electron chi connectivity index (χ0n) is 10.3. The Labute approximate surface area is 97.8 Å². The van der Waals surface area contributed by atoms with E-state index in [0.29, 0.717) is 6.42 Å². The maximum atomic E-state index is 11.6. The van der Waals surface area contributed by atoms with Crippen molar-refractivity contribution in [3.05, 3.63) is 0 Å². The van der Waals surface area contributed by atoms with Gasteiger partial charge in [-0.3, -0.25) is 9.69 Å². The first-order chi connectivity index (χ1) is 7.67. The van der Waals surface area contributed by atoms with Crippen LogP contribution >= 0.6 is 0 Å². The minimum atomic E-state index is 0.0814. The Morgan fingerprint density at radius 2 is 2.00 bits per heavy atom. The van der Waals surface area contributed by atoms with E-state index < -0.39 is 0 Å². The lowest BCUT2D eigenvalue weighted by molar-refractivity contribution is -0.133. The molecule has 0 aromatic heterocycles. The fourth-order valence-corrected chi connectivity index (χ4v) is 1.98. The summed E-state index contributed by atoms with van der Waals surface area (Å²) in [6.07, 6.45) is 1.58. The second kappa shape index (κ2) is 6.49. The third-order valence-corrected chi connectivity index (χ3v) is 2.94. The van der Waals surface area contributed by atoms with Gasteiger partial charge < -0.3 is 4.90 Å². The average Bonchev–Trinajstić information content (AvgIpc) is 2.30. The van der Waals surface area contributed by atoms with Gasteiger partial charge in [0.2, 0.25) is 5.91 Å². The quantitative estimate of drug-likeness (QED) is 0.717. The van der Waals surface area contributed by atoms with Crippen LogP contribution in [0.25, 0.3) is 0 Å². The number of amides is 1. The number of hydrogen-bond acceptors (Lipinski definition) is 3. The minimum absolute atomic E-state index is 0.0814. The second-order valence-electron chi connectivity index (χ2n) is 4.46. The molecule has 0 aromatic carbocycles. The van der Waals surface area contributed by atoms with Crippen molar-refractivity contribution in [3.8, 4) is 6.07 Å². The van der Waals surface area contributed by atoms with E-state index in [2.05, 4.69) is 11.0 Å². The number of hydrogen-bond donors (Lipinski definition) is 0. The van der Waals surface area contributed by atoms with Gasteiger partial charge in [0, 0.05) is 39.1 Å². The van der Waals surface area contributed by atoms with E-state index in [4.69, 9.17) is 5.26 Å². The van der Waals surface area contributed by atoms with Crippen LogP contribution in [0.3, 0.4) is 0 Å². The van der Waals surface area contributed by atoms with E-state index >= 15 is 0 Å². The molecule has 0 radical (unpaired) electrons. The maximum absolute atomic E-state index is 11.6. The van der Waals surface area contributed by atoms with Gasteiger partial charge in [0.05, 0.1) is 12.0 Å². The Kier molecular flexibility index (Phi) is 5.27. The molecule has 4 heteroatoms. The molecular weight excluding hydrogens is 202 g/mol. The summed E-state index contributed by atoms with van der Waals surface area (Å²) in [7, 11) is 0. The van der Waals surface area contributed by atoms with Gasteiger partial charge in [0.15, 0.2) is 0 Å². The molecule has 0 spiro atoms. The van der Waals surface area contributed by atoms with E-state index in [0.717, 1.165) is 39.1 Å². The van der Waals surface area contributed by atoms with Gasteiger partial charge in [0.25, 0.3) is 0 Å². The molecule has 1 saturated heterocycles. The molecule has 1 amide bonds. The summed E-state index contributed by atoms with van der Waals surface area (Å²) in [6.45, 7) is 8.24. The Balaban J connectivity index is 2.29. The van der Waals surface area contributed by atoms with Gasteiger partial charge in [-0.2, -0.15) is 5.26 Å². The summed E-state index contributed by atoms with van der Waals surface area (Å²) in [5, 5.41) is 8.73. The van der Waals surface area contributed by atoms with Crippen molar-refractivity contribution in [2.24, 2.45) is 5.92 Å². The summed E-state index contributed by atoms with van der Waals surface area (Å²) in [6, 6.07) is 2.24. The molecule has 16 heavy (non-hydrogen) atoms. The van der Waals surface area contributed by atoms with Crippen molar-refractivity contribution >= 4 is 5.91 Å². The smallest absolute Gasteiger partial charge is 0.222 e. The van der Waals surface area contributed by atoms with Gasteiger partial charge in [-0.05, 0) is 13.3 Å². The zero-order chi connectivity index (χ0) is 12.0. The van der Waals surface area contributed by atoms with Crippen LogP contribution in [0.1, 0.15) is 26.7 Å². The Bertz CT molecular complexity index is 264. The molecule has 1 atom stereocenters. The summed E-state index contributed by atoms with van der Waals surface area (Å²) < 4.78 is 0. The first kappa shape index (κ1) is 13.0. The molecule has 0 bridgehead atoms. The molecular formula is C12H21N3O. The van der Waals surface area contributed by atoms with Gasteiger partial charge in [-0.15, -0.1) is 0 Å². The van der Waals surface area contributed by atoms with E-state index in [1.807, 2.05) is 18.7 Å². The van der Waals surface area contributed by atoms with Crippen molar-refractivity contribution in [3.63, 3.8) is 0 Å². The highest BCUT2D eigenvalue weighted by Gasteiger charge is 2.21. The molecule has 1 fully saturated rings. The Morgan fingerprint density at radius 3 is 2.50 bits per heavy atom. The van der Waals surface area contributed by atoms with E-state index in [1.54, 1.807) is 0 Å². The topological polar surface area (TPSA) is 47.3 Å². The third kappa shape index (κ3) is 3.82. The van der Waals surface area contributed by atoms with Crippen molar-refractivity contribution in [2.45, 2.75) is 26.7 Å². The molecule has 4 nitrogen and oxygen atoms in total. The molecule has 1 aliphatic rings. The Hall–Kier alpha value is -1.08. The normalized spacial score (nSPS) is 19.2. The van der Waals surface area contributed by atoms with Crippen LogP contribution in [0.2, 0.25) is 0 Å². The van der Waals surface area contributed by atoms with Gasteiger partial charge >= 0.3 is 0 Å². The fraction of sp³-hybridized carbons (Fsp3) is 0.833. The molecule has 90 valence electrons. The number of piperazine rings is 1. The predicted octanol–water partition coefficient (Wildman–Crippen LogP) is 1.09. The lowest BCUT2D eigenvalue weighted by Gasteiger charge is -2.35. The number of carbonyl (C=O) groups excluding carboxylic acids is 1. The molecule has 0 aliphatic carbocycles. The maximum Gasteiger partial charge on any atom is 0.222 e. The van der Waals surface area contributed by atoms with Crippen molar-refractivity contribution in [1.82, 2.24) is 9.80 Å². The van der Waals surface area contributed by atoms with Crippen molar-refractivity contribution in [2.75, 3.05) is 32.7 Å². The zero-order valence-corrected chi connectivity index (χ0v) is 10.3.